The van der Waals surface area contributed by atoms with Crippen LogP contribution in [0.4, 0.5) is 0 Å². The second-order valence-corrected chi connectivity index (χ2v) is 11.9. The van der Waals surface area contributed by atoms with Gasteiger partial charge in [0, 0.05) is 20.0 Å². The van der Waals surface area contributed by atoms with Crippen molar-refractivity contribution in [2.45, 2.75) is 76.4 Å². The van der Waals surface area contributed by atoms with E-state index in [2.05, 4.69) is 37.1 Å². The summed E-state index contributed by atoms with van der Waals surface area (Å²) < 4.78 is 0.943. The zero-order chi connectivity index (χ0) is 28.6. The molecule has 4 atom stereocenters. The van der Waals surface area contributed by atoms with Crippen molar-refractivity contribution in [1.82, 2.24) is 20.9 Å². The van der Waals surface area contributed by atoms with E-state index in [0.29, 0.717) is 32.4 Å². The largest absolute Gasteiger partial charge is 0.508 e. The summed E-state index contributed by atoms with van der Waals surface area (Å²) in [7, 11) is 6.55. The first kappa shape index (κ1) is 30.4. The molecular formula is C29H46N5O5+. The number of nitrogens with one attached hydrogen (secondary N) is 3. The van der Waals surface area contributed by atoms with Crippen molar-refractivity contribution >= 4 is 23.6 Å². The highest BCUT2D eigenvalue weighted by Gasteiger charge is 2.54. The van der Waals surface area contributed by atoms with Crippen LogP contribution < -0.4 is 16.0 Å². The first-order valence-electron chi connectivity index (χ1n) is 14.2. The molecule has 10 nitrogen and oxygen atoms in total. The third-order valence-corrected chi connectivity index (χ3v) is 7.59. The molecule has 10 heteroatoms. The molecule has 39 heavy (non-hydrogen) atoms. The molecule has 216 valence electrons. The quantitative estimate of drug-likeness (QED) is 0.210. The predicted molar refractivity (Wildman–Crippen MR) is 148 cm³/mol. The Labute approximate surface area is 232 Å². The molecule has 2 fully saturated rings. The highest BCUT2D eigenvalue weighted by atomic mass is 16.3. The molecule has 1 aromatic carbocycles. The number of aromatic hydroxyl groups is 1. The molecule has 2 aliphatic heterocycles. The lowest BCUT2D eigenvalue weighted by Crippen LogP contribution is -2.61. The molecule has 1 aromatic rings. The Kier molecular flexibility index (Phi) is 10.7. The number of amides is 4. The van der Waals surface area contributed by atoms with E-state index in [9.17, 15) is 24.3 Å². The van der Waals surface area contributed by atoms with Gasteiger partial charge in [0.2, 0.25) is 23.6 Å². The van der Waals surface area contributed by atoms with Gasteiger partial charge >= 0.3 is 0 Å². The van der Waals surface area contributed by atoms with Crippen LogP contribution in [0.3, 0.4) is 0 Å². The van der Waals surface area contributed by atoms with Crippen LogP contribution in [0, 0.1) is 5.92 Å². The number of benzene rings is 1. The number of piperazine rings is 1. The van der Waals surface area contributed by atoms with Crippen LogP contribution in [-0.4, -0.2) is 91.0 Å². The summed E-state index contributed by atoms with van der Waals surface area (Å²) in [6, 6.07) is 4.57. The van der Waals surface area contributed by atoms with Crippen molar-refractivity contribution in [3.63, 3.8) is 0 Å². The molecule has 3 rings (SSSR count). The van der Waals surface area contributed by atoms with Gasteiger partial charge in [-0.3, -0.25) is 19.2 Å². The Morgan fingerprint density at radius 2 is 1.62 bits per heavy atom. The van der Waals surface area contributed by atoms with Gasteiger partial charge in [0.05, 0.1) is 39.6 Å². The molecule has 2 aliphatic rings. The van der Waals surface area contributed by atoms with E-state index >= 15 is 0 Å². The Morgan fingerprint density at radius 1 is 0.974 bits per heavy atom. The van der Waals surface area contributed by atoms with Crippen molar-refractivity contribution in [2.75, 3.05) is 40.8 Å². The Morgan fingerprint density at radius 3 is 2.28 bits per heavy atom. The highest BCUT2D eigenvalue weighted by Crippen LogP contribution is 2.43. The van der Waals surface area contributed by atoms with E-state index in [4.69, 9.17) is 0 Å². The number of nitrogens with zero attached hydrogens (tertiary/aromatic N) is 2. The molecule has 0 unspecified atom stereocenters. The van der Waals surface area contributed by atoms with Gasteiger partial charge in [-0.2, -0.15) is 0 Å². The lowest BCUT2D eigenvalue weighted by Gasteiger charge is -2.38. The van der Waals surface area contributed by atoms with Gasteiger partial charge in [-0.15, -0.1) is 0 Å². The molecule has 0 aromatic heterocycles. The summed E-state index contributed by atoms with van der Waals surface area (Å²) in [4.78, 5) is 52.8. The number of carbonyl (C=O) groups excluding carboxylic acids is 4. The minimum absolute atomic E-state index is 0.0966. The Balaban J connectivity index is 1.65. The van der Waals surface area contributed by atoms with E-state index in [1.54, 1.807) is 29.2 Å². The number of carbonyl (C=O) groups is 4. The predicted octanol–water partition coefficient (Wildman–Crippen LogP) is 1.84. The molecule has 2 saturated heterocycles. The fourth-order valence-electron chi connectivity index (χ4n) is 5.56. The number of fused-ring (bicyclic) bond motifs is 1. The standard InChI is InChI=1S/C29H45N5O5/c1-20(35)30-16-9-7-11-24-29(39)33-25(28(38)32-24)19-23(26(33)21-12-14-22(36)15-13-21)27(37)31-17-8-5-6-10-18-34(2,3)4/h12-15,23-26H,5-11,16-19H2,1-4H3,(H3-,30,31,32,35,36,37,38)/p+1/t23-,24-,25-,26-/m0/s1. The van der Waals surface area contributed by atoms with Crippen molar-refractivity contribution < 1.29 is 28.8 Å². The fraction of sp³-hybridized carbons (Fsp3) is 0.655. The number of phenolic OH excluding ortho intramolecular Hbond substituents is 1. The fourth-order valence-corrected chi connectivity index (χ4v) is 5.56. The summed E-state index contributed by atoms with van der Waals surface area (Å²) >= 11 is 0. The minimum Gasteiger partial charge on any atom is -0.508 e. The third-order valence-electron chi connectivity index (χ3n) is 7.59. The summed E-state index contributed by atoms with van der Waals surface area (Å²) in [6.07, 6.45) is 6.25. The first-order chi connectivity index (χ1) is 18.5. The third kappa shape index (κ3) is 8.68. The van der Waals surface area contributed by atoms with Crippen LogP contribution in [0.1, 0.15) is 69.9 Å². The number of phenols is 1. The van der Waals surface area contributed by atoms with Gasteiger partial charge in [0.15, 0.2) is 0 Å². The van der Waals surface area contributed by atoms with Crippen molar-refractivity contribution in [3.05, 3.63) is 29.8 Å². The maximum atomic E-state index is 13.6. The van der Waals surface area contributed by atoms with E-state index in [1.165, 1.54) is 6.92 Å². The SMILES string of the molecule is CC(=O)NCCCC[C@@H]1NC(=O)[C@@H]2C[C@H](C(=O)NCCCCCC[N+](C)(C)C)[C@H](c3ccc(O)cc3)N2C1=O. The lowest BCUT2D eigenvalue weighted by atomic mass is 9.92. The first-order valence-corrected chi connectivity index (χ1v) is 14.2. The van der Waals surface area contributed by atoms with E-state index in [-0.39, 0.29) is 35.8 Å². The van der Waals surface area contributed by atoms with Gasteiger partial charge < -0.3 is 30.4 Å². The zero-order valence-electron chi connectivity index (χ0n) is 23.9. The van der Waals surface area contributed by atoms with E-state index < -0.39 is 24.0 Å². The van der Waals surface area contributed by atoms with Crippen LogP contribution in [-0.2, 0) is 19.2 Å². The lowest BCUT2D eigenvalue weighted by molar-refractivity contribution is -0.870. The van der Waals surface area contributed by atoms with Crippen molar-refractivity contribution in [2.24, 2.45) is 5.92 Å². The van der Waals surface area contributed by atoms with Gasteiger partial charge in [-0.1, -0.05) is 18.6 Å². The van der Waals surface area contributed by atoms with Crippen LogP contribution in [0.2, 0.25) is 0 Å². The van der Waals surface area contributed by atoms with Gasteiger partial charge in [-0.05, 0) is 62.6 Å². The zero-order valence-corrected chi connectivity index (χ0v) is 23.9. The van der Waals surface area contributed by atoms with Crippen molar-refractivity contribution in [3.8, 4) is 5.75 Å². The molecule has 0 spiro atoms. The number of unbranched alkanes of at least 4 members (excludes halogenated alkanes) is 4. The molecular weight excluding hydrogens is 498 g/mol. The average molecular weight is 545 g/mol. The topological polar surface area (TPSA) is 128 Å². The molecule has 0 aliphatic carbocycles. The summed E-state index contributed by atoms with van der Waals surface area (Å²) in [5.74, 6) is -1.15. The second kappa shape index (κ2) is 13.8. The summed E-state index contributed by atoms with van der Waals surface area (Å²) in [5.41, 5.74) is 0.725. The second-order valence-electron chi connectivity index (χ2n) is 11.9. The number of hydrogen-bond donors (Lipinski definition) is 4. The minimum atomic E-state index is -0.710. The maximum Gasteiger partial charge on any atom is 0.246 e. The highest BCUT2D eigenvalue weighted by molar-refractivity contribution is 5.99. The van der Waals surface area contributed by atoms with Gasteiger partial charge in [-0.25, -0.2) is 0 Å². The molecule has 4 amide bonds. The van der Waals surface area contributed by atoms with Crippen LogP contribution in [0.5, 0.6) is 5.75 Å². The van der Waals surface area contributed by atoms with Crippen LogP contribution in [0.15, 0.2) is 24.3 Å². The van der Waals surface area contributed by atoms with Crippen LogP contribution >= 0.6 is 0 Å². The van der Waals surface area contributed by atoms with Crippen LogP contribution in [0.25, 0.3) is 0 Å². The number of quaternary nitrogens is 1. The van der Waals surface area contributed by atoms with Crippen molar-refractivity contribution in [1.29, 1.82) is 0 Å². The Bertz CT molecular complexity index is 1010. The molecule has 4 N–H and O–H groups in total. The van der Waals surface area contributed by atoms with Gasteiger partial charge in [0.25, 0.3) is 0 Å². The maximum absolute atomic E-state index is 13.6. The summed E-state index contributed by atoms with van der Waals surface area (Å²) in [6.45, 7) is 3.66. The number of hydrogen-bond acceptors (Lipinski definition) is 5. The average Bonchev–Trinajstić information content (AvgIpc) is 3.27. The molecule has 2 heterocycles. The molecule has 0 saturated carbocycles. The smallest absolute Gasteiger partial charge is 0.246 e. The molecule has 0 bridgehead atoms. The van der Waals surface area contributed by atoms with Gasteiger partial charge in [0.1, 0.15) is 17.8 Å². The van der Waals surface area contributed by atoms with E-state index in [1.807, 2.05) is 0 Å². The normalized spacial score (nSPS) is 22.8. The number of rotatable bonds is 14. The molecule has 0 radical (unpaired) electrons. The summed E-state index contributed by atoms with van der Waals surface area (Å²) in [5, 5.41) is 18.5. The Hall–Kier alpha value is -3.14. The van der Waals surface area contributed by atoms with E-state index in [0.717, 1.165) is 42.3 Å². The monoisotopic (exact) mass is 544 g/mol.